The molecule has 9 heteroatoms. The van der Waals surface area contributed by atoms with Crippen molar-refractivity contribution >= 4 is 5.91 Å². The van der Waals surface area contributed by atoms with Crippen LogP contribution in [0, 0.1) is 6.92 Å². The van der Waals surface area contributed by atoms with Crippen LogP contribution in [0.4, 0.5) is 13.2 Å². The molecule has 0 fully saturated rings. The molecule has 25 heavy (non-hydrogen) atoms. The number of halogens is 3. The molecule has 2 aromatic rings. The van der Waals surface area contributed by atoms with Crippen molar-refractivity contribution in [3.8, 4) is 0 Å². The van der Waals surface area contributed by atoms with Crippen molar-refractivity contribution in [2.45, 2.75) is 52.4 Å². The number of rotatable bonds is 5. The number of amides is 1. The summed E-state index contributed by atoms with van der Waals surface area (Å²) in [7, 11) is 0. The summed E-state index contributed by atoms with van der Waals surface area (Å²) >= 11 is 0. The lowest BCUT2D eigenvalue weighted by atomic mass is 10.2. The van der Waals surface area contributed by atoms with Crippen LogP contribution in [0.15, 0.2) is 18.5 Å². The molecule has 0 radical (unpaired) electrons. The average Bonchev–Trinajstić information content (AvgIpc) is 3.00. The van der Waals surface area contributed by atoms with Gasteiger partial charge >= 0.3 is 6.18 Å². The molecule has 0 unspecified atom stereocenters. The number of alkyl halides is 3. The van der Waals surface area contributed by atoms with Gasteiger partial charge in [-0.3, -0.25) is 4.79 Å². The van der Waals surface area contributed by atoms with Crippen LogP contribution in [0.3, 0.4) is 0 Å². The second-order valence-electron chi connectivity index (χ2n) is 6.05. The van der Waals surface area contributed by atoms with Gasteiger partial charge in [0.05, 0.1) is 6.54 Å². The third-order valence-corrected chi connectivity index (χ3v) is 3.62. The molecule has 0 aliphatic carbocycles. The van der Waals surface area contributed by atoms with Gasteiger partial charge in [0.1, 0.15) is 23.4 Å². The molecule has 0 saturated carbocycles. The molecular formula is C16H20F3N5O. The number of hydrogen-bond donors (Lipinski definition) is 1. The van der Waals surface area contributed by atoms with Crippen molar-refractivity contribution in [1.82, 2.24) is 24.8 Å². The minimum atomic E-state index is -4.55. The van der Waals surface area contributed by atoms with Crippen molar-refractivity contribution < 1.29 is 18.0 Å². The van der Waals surface area contributed by atoms with E-state index in [1.54, 1.807) is 23.9 Å². The Morgan fingerprint density at radius 2 is 1.96 bits per heavy atom. The fraction of sp³-hybridized carbons (Fsp3) is 0.500. The van der Waals surface area contributed by atoms with Crippen LogP contribution in [-0.4, -0.2) is 25.4 Å². The number of hydrogen-bond acceptors (Lipinski definition) is 4. The third kappa shape index (κ3) is 4.55. The van der Waals surface area contributed by atoms with E-state index in [-0.39, 0.29) is 29.9 Å². The molecule has 0 bridgehead atoms. The number of nitrogens with one attached hydrogen (secondary N) is 1. The van der Waals surface area contributed by atoms with E-state index in [4.69, 9.17) is 0 Å². The number of nitrogens with zero attached hydrogens (tertiary/aromatic N) is 4. The molecule has 0 aliphatic rings. The Kier molecular flexibility index (Phi) is 5.44. The van der Waals surface area contributed by atoms with Gasteiger partial charge in [0.25, 0.3) is 0 Å². The van der Waals surface area contributed by atoms with Gasteiger partial charge < -0.3 is 9.88 Å². The maximum atomic E-state index is 12.8. The lowest BCUT2D eigenvalue weighted by Gasteiger charge is -2.17. The van der Waals surface area contributed by atoms with Gasteiger partial charge in [0, 0.05) is 24.0 Å². The Bertz CT molecular complexity index is 754. The van der Waals surface area contributed by atoms with Crippen LogP contribution in [0.25, 0.3) is 0 Å². The standard InChI is InChI=1S/C16H20F3N5O/c1-9(2)14-20-5-6-24(14)11(4)15(25)21-8-13-22-10(3)7-12(23-13)16(17,18)19/h5-7,9,11H,8H2,1-4H3,(H,21,25)/t11-/m1/s1. The van der Waals surface area contributed by atoms with Gasteiger partial charge in [-0.25, -0.2) is 15.0 Å². The van der Waals surface area contributed by atoms with Crippen LogP contribution in [0.2, 0.25) is 0 Å². The Balaban J connectivity index is 2.09. The first-order valence-corrected chi connectivity index (χ1v) is 7.81. The normalized spacial score (nSPS) is 13.1. The first-order valence-electron chi connectivity index (χ1n) is 7.81. The zero-order chi connectivity index (χ0) is 18.8. The minimum Gasteiger partial charge on any atom is -0.347 e. The van der Waals surface area contributed by atoms with Gasteiger partial charge in [-0.05, 0) is 19.9 Å². The molecule has 0 aliphatic heterocycles. The van der Waals surface area contributed by atoms with Crippen molar-refractivity contribution in [2.24, 2.45) is 0 Å². The van der Waals surface area contributed by atoms with E-state index in [0.29, 0.717) is 0 Å². The summed E-state index contributed by atoms with van der Waals surface area (Å²) in [4.78, 5) is 24.0. The summed E-state index contributed by atoms with van der Waals surface area (Å²) < 4.78 is 40.1. The fourth-order valence-electron chi connectivity index (χ4n) is 2.39. The maximum Gasteiger partial charge on any atom is 0.433 e. The minimum absolute atomic E-state index is 0.0809. The number of aryl methyl sites for hydroxylation is 1. The Morgan fingerprint density at radius 3 is 2.56 bits per heavy atom. The molecular weight excluding hydrogens is 335 g/mol. The molecule has 1 N–H and O–H groups in total. The summed E-state index contributed by atoms with van der Waals surface area (Å²) in [6, 6.07) is 0.320. The third-order valence-electron chi connectivity index (χ3n) is 3.62. The van der Waals surface area contributed by atoms with Gasteiger partial charge in [0.15, 0.2) is 0 Å². The van der Waals surface area contributed by atoms with Gasteiger partial charge in [-0.2, -0.15) is 13.2 Å². The van der Waals surface area contributed by atoms with E-state index < -0.39 is 17.9 Å². The van der Waals surface area contributed by atoms with Crippen LogP contribution < -0.4 is 5.32 Å². The SMILES string of the molecule is Cc1cc(C(F)(F)F)nc(CNC(=O)[C@@H](C)n2ccnc2C(C)C)n1. The molecule has 136 valence electrons. The highest BCUT2D eigenvalue weighted by Gasteiger charge is 2.33. The Hall–Kier alpha value is -2.45. The van der Waals surface area contributed by atoms with Crippen molar-refractivity contribution in [1.29, 1.82) is 0 Å². The molecule has 0 saturated heterocycles. The van der Waals surface area contributed by atoms with Gasteiger partial charge in [-0.1, -0.05) is 13.8 Å². The largest absolute Gasteiger partial charge is 0.433 e. The molecule has 6 nitrogen and oxygen atoms in total. The van der Waals surface area contributed by atoms with Crippen molar-refractivity contribution in [3.63, 3.8) is 0 Å². The van der Waals surface area contributed by atoms with Crippen LogP contribution >= 0.6 is 0 Å². The summed E-state index contributed by atoms with van der Waals surface area (Å²) in [6.07, 6.45) is -1.24. The first-order chi connectivity index (χ1) is 11.6. The summed E-state index contributed by atoms with van der Waals surface area (Å²) in [6.45, 7) is 6.89. The van der Waals surface area contributed by atoms with E-state index in [0.717, 1.165) is 11.9 Å². The highest BCUT2D eigenvalue weighted by molar-refractivity contribution is 5.79. The monoisotopic (exact) mass is 355 g/mol. The quantitative estimate of drug-likeness (QED) is 0.895. The van der Waals surface area contributed by atoms with E-state index in [2.05, 4.69) is 20.3 Å². The summed E-state index contributed by atoms with van der Waals surface area (Å²) in [5, 5.41) is 2.58. The second-order valence-corrected chi connectivity index (χ2v) is 6.05. The van der Waals surface area contributed by atoms with Crippen LogP contribution in [0.5, 0.6) is 0 Å². The zero-order valence-corrected chi connectivity index (χ0v) is 14.4. The molecule has 0 spiro atoms. The highest BCUT2D eigenvalue weighted by Crippen LogP contribution is 2.27. The number of carbonyl (C=O) groups is 1. The highest BCUT2D eigenvalue weighted by atomic mass is 19.4. The lowest BCUT2D eigenvalue weighted by molar-refractivity contribution is -0.141. The Labute approximate surface area is 143 Å². The smallest absolute Gasteiger partial charge is 0.347 e. The van der Waals surface area contributed by atoms with E-state index in [1.807, 2.05) is 13.8 Å². The Morgan fingerprint density at radius 1 is 1.28 bits per heavy atom. The van der Waals surface area contributed by atoms with E-state index in [9.17, 15) is 18.0 Å². The van der Waals surface area contributed by atoms with E-state index in [1.165, 1.54) is 6.92 Å². The molecule has 1 atom stereocenters. The molecule has 2 rings (SSSR count). The topological polar surface area (TPSA) is 72.7 Å². The van der Waals surface area contributed by atoms with Crippen molar-refractivity contribution in [2.75, 3.05) is 0 Å². The van der Waals surface area contributed by atoms with Crippen LogP contribution in [-0.2, 0) is 17.5 Å². The van der Waals surface area contributed by atoms with Gasteiger partial charge in [0.2, 0.25) is 5.91 Å². The van der Waals surface area contributed by atoms with Crippen molar-refractivity contribution in [3.05, 3.63) is 41.5 Å². The molecule has 2 heterocycles. The molecule has 1 amide bonds. The summed E-state index contributed by atoms with van der Waals surface area (Å²) in [5.74, 6) is 0.467. The fourth-order valence-corrected chi connectivity index (χ4v) is 2.39. The number of carbonyl (C=O) groups excluding carboxylic acids is 1. The number of aromatic nitrogens is 4. The number of imidazole rings is 1. The maximum absolute atomic E-state index is 12.8. The zero-order valence-electron chi connectivity index (χ0n) is 14.4. The van der Waals surface area contributed by atoms with Gasteiger partial charge in [-0.15, -0.1) is 0 Å². The first kappa shape index (κ1) is 18.9. The average molecular weight is 355 g/mol. The van der Waals surface area contributed by atoms with Crippen LogP contribution in [0.1, 0.15) is 55.8 Å². The van der Waals surface area contributed by atoms with E-state index >= 15 is 0 Å². The summed E-state index contributed by atoms with van der Waals surface area (Å²) in [5.41, 5.74) is -0.828. The predicted octanol–water partition coefficient (Wildman–Crippen LogP) is 3.00. The lowest BCUT2D eigenvalue weighted by Crippen LogP contribution is -2.32. The predicted molar refractivity (Wildman–Crippen MR) is 84.6 cm³/mol. The molecule has 2 aromatic heterocycles. The molecule has 0 aromatic carbocycles. The second kappa shape index (κ2) is 7.20.